The molecule has 0 aliphatic carbocycles. The Bertz CT molecular complexity index is 874. The lowest BCUT2D eigenvalue weighted by molar-refractivity contribution is -0.140. The van der Waals surface area contributed by atoms with Crippen LogP contribution in [0.4, 0.5) is 4.39 Å². The van der Waals surface area contributed by atoms with E-state index in [9.17, 15) is 14.0 Å². The molecule has 152 valence electrons. The molecule has 6 heteroatoms. The van der Waals surface area contributed by atoms with E-state index in [1.807, 2.05) is 36.4 Å². The van der Waals surface area contributed by atoms with E-state index >= 15 is 0 Å². The first kappa shape index (κ1) is 19.6. The summed E-state index contributed by atoms with van der Waals surface area (Å²) in [6.45, 7) is 1.83. The average molecular weight is 396 g/mol. The number of amides is 2. The Morgan fingerprint density at radius 1 is 1.00 bits per heavy atom. The van der Waals surface area contributed by atoms with E-state index in [-0.39, 0.29) is 30.1 Å². The van der Waals surface area contributed by atoms with Crippen molar-refractivity contribution in [1.29, 1.82) is 0 Å². The van der Waals surface area contributed by atoms with Gasteiger partial charge < -0.3 is 4.74 Å². The molecule has 4 rings (SSSR count). The number of benzene rings is 2. The van der Waals surface area contributed by atoms with Crippen molar-refractivity contribution in [2.75, 3.05) is 20.2 Å². The molecule has 1 atom stereocenters. The molecular formula is C23H25FN2O3. The molecule has 2 saturated heterocycles. The lowest BCUT2D eigenvalue weighted by atomic mass is 9.89. The average Bonchev–Trinajstić information content (AvgIpc) is 3.03. The summed E-state index contributed by atoms with van der Waals surface area (Å²) in [4.78, 5) is 28.9. The number of carbonyl (C=O) groups excluding carboxylic acids is 2. The molecule has 2 amide bonds. The zero-order valence-corrected chi connectivity index (χ0v) is 16.5. The highest BCUT2D eigenvalue weighted by atomic mass is 19.1. The van der Waals surface area contributed by atoms with Gasteiger partial charge in [0.25, 0.3) is 0 Å². The van der Waals surface area contributed by atoms with E-state index in [0.717, 1.165) is 42.8 Å². The van der Waals surface area contributed by atoms with Gasteiger partial charge in [0.05, 0.1) is 26.1 Å². The number of likely N-dealkylation sites (tertiary alicyclic amines) is 2. The van der Waals surface area contributed by atoms with Crippen molar-refractivity contribution in [1.82, 2.24) is 9.80 Å². The first-order valence-electron chi connectivity index (χ1n) is 10.0. The zero-order chi connectivity index (χ0) is 20.4. The quantitative estimate of drug-likeness (QED) is 0.728. The normalized spacial score (nSPS) is 21.0. The topological polar surface area (TPSA) is 49.9 Å². The highest BCUT2D eigenvalue weighted by molar-refractivity contribution is 6.05. The molecule has 0 radical (unpaired) electrons. The van der Waals surface area contributed by atoms with Crippen LogP contribution in [0, 0.1) is 5.82 Å². The third-order valence-corrected chi connectivity index (χ3v) is 6.03. The molecule has 2 aliphatic heterocycles. The Kier molecular flexibility index (Phi) is 5.62. The number of nitrogens with zero attached hydrogens (tertiary/aromatic N) is 2. The number of halogens is 1. The Labute approximate surface area is 170 Å². The van der Waals surface area contributed by atoms with Crippen LogP contribution in [0.5, 0.6) is 5.75 Å². The largest absolute Gasteiger partial charge is 0.497 e. The van der Waals surface area contributed by atoms with Crippen LogP contribution in [0.15, 0.2) is 48.5 Å². The smallest absolute Gasteiger partial charge is 0.247 e. The summed E-state index contributed by atoms with van der Waals surface area (Å²) < 4.78 is 18.3. The molecule has 0 aromatic heterocycles. The van der Waals surface area contributed by atoms with Gasteiger partial charge in [0.2, 0.25) is 11.8 Å². The molecule has 2 aromatic rings. The fourth-order valence-electron chi connectivity index (χ4n) is 4.31. The number of hydrogen-bond donors (Lipinski definition) is 0. The first-order valence-corrected chi connectivity index (χ1v) is 10.0. The van der Waals surface area contributed by atoms with Crippen LogP contribution in [0.25, 0.3) is 0 Å². The monoisotopic (exact) mass is 396 g/mol. The van der Waals surface area contributed by atoms with Crippen molar-refractivity contribution >= 4 is 11.8 Å². The summed E-state index contributed by atoms with van der Waals surface area (Å²) in [7, 11) is 1.60. The van der Waals surface area contributed by atoms with Crippen molar-refractivity contribution in [2.45, 2.75) is 37.8 Å². The standard InChI is InChI=1S/C23H25FN2O3/c1-29-20-8-2-16(3-9-20)15-26-22(27)14-21(23(26)28)25-12-10-18(11-13-25)17-4-6-19(24)7-5-17/h2-9,18,21H,10-15H2,1H3/t21-/m1/s1. The Morgan fingerprint density at radius 2 is 1.66 bits per heavy atom. The highest BCUT2D eigenvalue weighted by Gasteiger charge is 2.42. The Balaban J connectivity index is 1.36. The fraction of sp³-hybridized carbons (Fsp3) is 0.391. The summed E-state index contributed by atoms with van der Waals surface area (Å²) in [5.41, 5.74) is 2.05. The van der Waals surface area contributed by atoms with Gasteiger partial charge >= 0.3 is 0 Å². The second-order valence-corrected chi connectivity index (χ2v) is 7.75. The van der Waals surface area contributed by atoms with E-state index in [1.165, 1.54) is 17.0 Å². The fourth-order valence-corrected chi connectivity index (χ4v) is 4.31. The molecule has 0 N–H and O–H groups in total. The van der Waals surface area contributed by atoms with Crippen LogP contribution in [0.1, 0.15) is 36.3 Å². The maximum absolute atomic E-state index is 13.1. The number of rotatable bonds is 5. The zero-order valence-electron chi connectivity index (χ0n) is 16.5. The van der Waals surface area contributed by atoms with Crippen LogP contribution < -0.4 is 4.74 Å². The molecule has 5 nitrogen and oxygen atoms in total. The summed E-state index contributed by atoms with van der Waals surface area (Å²) >= 11 is 0. The Morgan fingerprint density at radius 3 is 2.28 bits per heavy atom. The van der Waals surface area contributed by atoms with Crippen LogP contribution in [-0.2, 0) is 16.1 Å². The number of imide groups is 1. The number of ether oxygens (including phenoxy) is 1. The summed E-state index contributed by atoms with van der Waals surface area (Å²) in [6, 6.07) is 13.7. The second-order valence-electron chi connectivity index (χ2n) is 7.75. The van der Waals surface area contributed by atoms with Crippen molar-refractivity contribution in [3.05, 3.63) is 65.5 Å². The third-order valence-electron chi connectivity index (χ3n) is 6.03. The van der Waals surface area contributed by atoms with Crippen LogP contribution in [-0.4, -0.2) is 47.9 Å². The lowest BCUT2D eigenvalue weighted by Gasteiger charge is -2.35. The highest BCUT2D eigenvalue weighted by Crippen LogP contribution is 2.31. The maximum atomic E-state index is 13.1. The van der Waals surface area contributed by atoms with Gasteiger partial charge in [0.15, 0.2) is 0 Å². The molecule has 0 spiro atoms. The van der Waals surface area contributed by atoms with E-state index in [2.05, 4.69) is 4.90 Å². The number of methoxy groups -OCH3 is 1. The number of carbonyl (C=O) groups is 2. The van der Waals surface area contributed by atoms with Gasteiger partial charge in [0, 0.05) is 0 Å². The van der Waals surface area contributed by atoms with Gasteiger partial charge in [-0.1, -0.05) is 24.3 Å². The van der Waals surface area contributed by atoms with Gasteiger partial charge in [-0.3, -0.25) is 19.4 Å². The van der Waals surface area contributed by atoms with Gasteiger partial charge in [-0.25, -0.2) is 4.39 Å². The minimum Gasteiger partial charge on any atom is -0.497 e. The minimum absolute atomic E-state index is 0.106. The van der Waals surface area contributed by atoms with Crippen molar-refractivity contribution in [3.8, 4) is 5.75 Å². The van der Waals surface area contributed by atoms with Crippen LogP contribution >= 0.6 is 0 Å². The van der Waals surface area contributed by atoms with E-state index in [0.29, 0.717) is 12.5 Å². The summed E-state index contributed by atoms with van der Waals surface area (Å²) in [6.07, 6.45) is 2.06. The molecular weight excluding hydrogens is 371 g/mol. The molecule has 2 fully saturated rings. The lowest BCUT2D eigenvalue weighted by Crippen LogP contribution is -2.45. The minimum atomic E-state index is -0.366. The molecule has 2 aliphatic rings. The predicted molar refractivity (Wildman–Crippen MR) is 107 cm³/mol. The summed E-state index contributed by atoms with van der Waals surface area (Å²) in [5.74, 6) is 0.671. The van der Waals surface area contributed by atoms with Gasteiger partial charge in [0.1, 0.15) is 11.6 Å². The van der Waals surface area contributed by atoms with Gasteiger partial charge in [-0.05, 0) is 67.2 Å². The molecule has 0 unspecified atom stereocenters. The second kappa shape index (κ2) is 8.33. The maximum Gasteiger partial charge on any atom is 0.247 e. The van der Waals surface area contributed by atoms with Crippen molar-refractivity contribution in [3.63, 3.8) is 0 Å². The van der Waals surface area contributed by atoms with Gasteiger partial charge in [-0.15, -0.1) is 0 Å². The third kappa shape index (κ3) is 4.17. The molecule has 0 bridgehead atoms. The Hall–Kier alpha value is -2.73. The number of piperidine rings is 1. The van der Waals surface area contributed by atoms with E-state index in [1.54, 1.807) is 7.11 Å². The van der Waals surface area contributed by atoms with Crippen molar-refractivity contribution < 1.29 is 18.7 Å². The van der Waals surface area contributed by atoms with Crippen molar-refractivity contribution in [2.24, 2.45) is 0 Å². The first-order chi connectivity index (χ1) is 14.0. The van der Waals surface area contributed by atoms with Gasteiger partial charge in [-0.2, -0.15) is 0 Å². The SMILES string of the molecule is COc1ccc(CN2C(=O)C[C@@H](N3CCC(c4ccc(F)cc4)CC3)C2=O)cc1. The number of hydrogen-bond acceptors (Lipinski definition) is 4. The predicted octanol–water partition coefficient (Wildman–Crippen LogP) is 3.34. The molecule has 2 heterocycles. The van der Waals surface area contributed by atoms with Crippen LogP contribution in [0.2, 0.25) is 0 Å². The van der Waals surface area contributed by atoms with E-state index in [4.69, 9.17) is 4.74 Å². The van der Waals surface area contributed by atoms with E-state index < -0.39 is 0 Å². The molecule has 0 saturated carbocycles. The summed E-state index contributed by atoms with van der Waals surface area (Å²) in [5, 5.41) is 0. The van der Waals surface area contributed by atoms with Crippen LogP contribution in [0.3, 0.4) is 0 Å². The molecule has 29 heavy (non-hydrogen) atoms. The molecule has 2 aromatic carbocycles.